The van der Waals surface area contributed by atoms with Gasteiger partial charge in [-0.3, -0.25) is 0 Å². The molecule has 2 aromatic rings. The van der Waals surface area contributed by atoms with Crippen LogP contribution in [0, 0.1) is 0 Å². The number of aliphatic hydroxyl groups is 1. The molecule has 112 valence electrons. The van der Waals surface area contributed by atoms with E-state index in [1.807, 2.05) is 24.3 Å². The SMILES string of the molecule is CC(C)(C)c1ccc(CC(O)Cc2ccccc2Cl)cc1. The average molecular weight is 303 g/mol. The first kappa shape index (κ1) is 16.1. The molecule has 1 nitrogen and oxygen atoms in total. The van der Waals surface area contributed by atoms with Crippen LogP contribution in [0.1, 0.15) is 37.5 Å². The molecule has 2 heteroatoms. The van der Waals surface area contributed by atoms with Gasteiger partial charge < -0.3 is 5.11 Å². The summed E-state index contributed by atoms with van der Waals surface area (Å²) >= 11 is 6.13. The molecule has 2 aromatic carbocycles. The summed E-state index contributed by atoms with van der Waals surface area (Å²) in [5, 5.41) is 11.0. The largest absolute Gasteiger partial charge is 0.392 e. The molecule has 1 N–H and O–H groups in total. The number of benzene rings is 2. The zero-order valence-corrected chi connectivity index (χ0v) is 13.7. The fourth-order valence-corrected chi connectivity index (χ4v) is 2.62. The summed E-state index contributed by atoms with van der Waals surface area (Å²) in [5.41, 5.74) is 3.63. The van der Waals surface area contributed by atoms with Crippen LogP contribution in [0.5, 0.6) is 0 Å². The van der Waals surface area contributed by atoms with Gasteiger partial charge in [-0.2, -0.15) is 0 Å². The Hall–Kier alpha value is -1.31. The van der Waals surface area contributed by atoms with E-state index in [4.69, 9.17) is 11.6 Å². The van der Waals surface area contributed by atoms with Gasteiger partial charge in [0.15, 0.2) is 0 Å². The predicted molar refractivity (Wildman–Crippen MR) is 90.0 cm³/mol. The predicted octanol–water partition coefficient (Wildman–Crippen LogP) is 4.78. The zero-order valence-electron chi connectivity index (χ0n) is 12.9. The summed E-state index contributed by atoms with van der Waals surface area (Å²) in [5.74, 6) is 0. The van der Waals surface area contributed by atoms with E-state index in [-0.39, 0.29) is 5.41 Å². The maximum atomic E-state index is 10.3. The van der Waals surface area contributed by atoms with E-state index in [0.717, 1.165) is 16.1 Å². The van der Waals surface area contributed by atoms with Crippen molar-refractivity contribution in [3.63, 3.8) is 0 Å². The number of rotatable bonds is 4. The van der Waals surface area contributed by atoms with Crippen LogP contribution < -0.4 is 0 Å². The molecular formula is C19H23ClO. The molecule has 0 fully saturated rings. The molecule has 0 heterocycles. The second-order valence-corrected chi connectivity index (χ2v) is 7.01. The lowest BCUT2D eigenvalue weighted by Gasteiger charge is -2.19. The molecule has 0 saturated carbocycles. The van der Waals surface area contributed by atoms with Crippen molar-refractivity contribution in [1.29, 1.82) is 0 Å². The number of hydrogen-bond acceptors (Lipinski definition) is 1. The maximum Gasteiger partial charge on any atom is 0.0621 e. The van der Waals surface area contributed by atoms with E-state index in [1.54, 1.807) is 0 Å². The highest BCUT2D eigenvalue weighted by molar-refractivity contribution is 6.31. The lowest BCUT2D eigenvalue weighted by atomic mass is 9.86. The van der Waals surface area contributed by atoms with Crippen molar-refractivity contribution >= 4 is 11.6 Å². The fraction of sp³-hybridized carbons (Fsp3) is 0.368. The maximum absolute atomic E-state index is 10.3. The van der Waals surface area contributed by atoms with Crippen LogP contribution in [0.2, 0.25) is 5.02 Å². The lowest BCUT2D eigenvalue weighted by molar-refractivity contribution is 0.175. The van der Waals surface area contributed by atoms with E-state index in [2.05, 4.69) is 45.0 Å². The summed E-state index contributed by atoms with van der Waals surface area (Å²) in [4.78, 5) is 0. The standard InChI is InChI=1S/C19H23ClO/c1-19(2,3)16-10-8-14(9-11-16)12-17(21)13-15-6-4-5-7-18(15)20/h4-11,17,21H,12-13H2,1-3H3. The third kappa shape index (κ3) is 4.59. The molecule has 21 heavy (non-hydrogen) atoms. The Bertz CT molecular complexity index is 581. The molecule has 0 spiro atoms. The Balaban J connectivity index is 2.00. The lowest BCUT2D eigenvalue weighted by Crippen LogP contribution is -2.15. The Kier molecular flexibility index (Phi) is 5.08. The van der Waals surface area contributed by atoms with Crippen LogP contribution in [0.3, 0.4) is 0 Å². The normalized spacial score (nSPS) is 13.2. The molecule has 0 aliphatic rings. The monoisotopic (exact) mass is 302 g/mol. The van der Waals surface area contributed by atoms with E-state index in [9.17, 15) is 5.11 Å². The topological polar surface area (TPSA) is 20.2 Å². The summed E-state index contributed by atoms with van der Waals surface area (Å²) < 4.78 is 0. The number of hydrogen-bond donors (Lipinski definition) is 1. The minimum atomic E-state index is -0.412. The van der Waals surface area contributed by atoms with Gasteiger partial charge in [0.1, 0.15) is 0 Å². The molecule has 0 amide bonds. The second kappa shape index (κ2) is 6.64. The van der Waals surface area contributed by atoms with Gasteiger partial charge in [0, 0.05) is 11.4 Å². The van der Waals surface area contributed by atoms with E-state index in [0.29, 0.717) is 12.8 Å². The smallest absolute Gasteiger partial charge is 0.0621 e. The summed E-state index contributed by atoms with van der Waals surface area (Å²) in [6.07, 6.45) is 0.821. The van der Waals surface area contributed by atoms with Crippen molar-refractivity contribution in [2.45, 2.75) is 45.1 Å². The summed E-state index contributed by atoms with van der Waals surface area (Å²) in [7, 11) is 0. The second-order valence-electron chi connectivity index (χ2n) is 6.60. The molecular weight excluding hydrogens is 280 g/mol. The molecule has 0 saturated heterocycles. The highest BCUT2D eigenvalue weighted by Gasteiger charge is 2.14. The highest BCUT2D eigenvalue weighted by Crippen LogP contribution is 2.23. The minimum Gasteiger partial charge on any atom is -0.392 e. The Morgan fingerprint density at radius 3 is 2.14 bits per heavy atom. The van der Waals surface area contributed by atoms with Gasteiger partial charge in [0.2, 0.25) is 0 Å². The quantitative estimate of drug-likeness (QED) is 0.861. The van der Waals surface area contributed by atoms with Gasteiger partial charge >= 0.3 is 0 Å². The van der Waals surface area contributed by atoms with Gasteiger partial charge in [-0.05, 0) is 34.6 Å². The Morgan fingerprint density at radius 1 is 0.952 bits per heavy atom. The van der Waals surface area contributed by atoms with E-state index < -0.39 is 6.10 Å². The molecule has 0 bridgehead atoms. The first-order chi connectivity index (χ1) is 9.86. The Labute approximate surface area is 132 Å². The number of halogens is 1. The van der Waals surface area contributed by atoms with Crippen molar-refractivity contribution < 1.29 is 5.11 Å². The molecule has 1 unspecified atom stereocenters. The third-order valence-electron chi connectivity index (χ3n) is 3.70. The Morgan fingerprint density at radius 2 is 1.57 bits per heavy atom. The van der Waals surface area contributed by atoms with Crippen molar-refractivity contribution in [3.05, 3.63) is 70.2 Å². The van der Waals surface area contributed by atoms with Gasteiger partial charge in [-0.25, -0.2) is 0 Å². The first-order valence-corrected chi connectivity index (χ1v) is 7.75. The molecule has 0 aliphatic carbocycles. The molecule has 2 rings (SSSR count). The first-order valence-electron chi connectivity index (χ1n) is 7.37. The molecule has 1 atom stereocenters. The summed E-state index contributed by atoms with van der Waals surface area (Å²) in [6, 6.07) is 16.2. The van der Waals surface area contributed by atoms with Crippen LogP contribution in [0.25, 0.3) is 0 Å². The van der Waals surface area contributed by atoms with Crippen molar-refractivity contribution in [2.24, 2.45) is 0 Å². The third-order valence-corrected chi connectivity index (χ3v) is 4.07. The van der Waals surface area contributed by atoms with Crippen molar-refractivity contribution in [1.82, 2.24) is 0 Å². The molecule has 0 aliphatic heterocycles. The van der Waals surface area contributed by atoms with E-state index >= 15 is 0 Å². The fourth-order valence-electron chi connectivity index (χ4n) is 2.40. The van der Waals surface area contributed by atoms with Gasteiger partial charge in [0.25, 0.3) is 0 Å². The van der Waals surface area contributed by atoms with E-state index in [1.165, 1.54) is 5.56 Å². The van der Waals surface area contributed by atoms with Crippen LogP contribution in [-0.4, -0.2) is 11.2 Å². The van der Waals surface area contributed by atoms with Crippen molar-refractivity contribution in [3.8, 4) is 0 Å². The van der Waals surface area contributed by atoms with Gasteiger partial charge in [-0.1, -0.05) is 74.8 Å². The van der Waals surface area contributed by atoms with Gasteiger partial charge in [-0.15, -0.1) is 0 Å². The van der Waals surface area contributed by atoms with Crippen LogP contribution in [0.15, 0.2) is 48.5 Å². The van der Waals surface area contributed by atoms with Crippen molar-refractivity contribution in [2.75, 3.05) is 0 Å². The zero-order chi connectivity index (χ0) is 15.5. The van der Waals surface area contributed by atoms with Crippen LogP contribution >= 0.6 is 11.6 Å². The summed E-state index contributed by atoms with van der Waals surface area (Å²) in [6.45, 7) is 6.61. The average Bonchev–Trinajstić information content (AvgIpc) is 2.41. The highest BCUT2D eigenvalue weighted by atomic mass is 35.5. The molecule has 0 radical (unpaired) electrons. The van der Waals surface area contributed by atoms with Crippen LogP contribution in [-0.2, 0) is 18.3 Å². The van der Waals surface area contributed by atoms with Crippen LogP contribution in [0.4, 0.5) is 0 Å². The van der Waals surface area contributed by atoms with Gasteiger partial charge in [0.05, 0.1) is 6.10 Å². The molecule has 0 aromatic heterocycles. The number of aliphatic hydroxyl groups excluding tert-OH is 1. The minimum absolute atomic E-state index is 0.161.